The molecule has 3 amide bonds. The van der Waals surface area contributed by atoms with Crippen LogP contribution in [0.25, 0.3) is 0 Å². The standard InChI is InChI=1S/C24H26N2O4S.C24H24N2O3S.C23H24N2O4S/c27-17-8-7-16-25-24(28)21-12-9-13-22(18-21)26(19-20-10-3-1-4-11-20)31(29,30)23-14-5-2-6-15-23;27-24(25-17-19-14-15-19)21-10-7-11-22(16-21)26(18-20-8-3-1-4-9-20)30(28,29)23-12-5-2-6-13-23;26-16-8-15-24-23(27)20-11-7-12-21(17-20)25(18-19-9-3-1-4-10-19)30(28,29)22-13-5-2-6-14-22/h1-6,9-15,18,27H,7-8,16-17,19H2,(H,25,28);1-13,16,19H,14-15,17-18H2,(H,25,27);1-7,9-14,17,26H,8,15-16,18H2,(H,24,27). The molecule has 0 bridgehead atoms. The summed E-state index contributed by atoms with van der Waals surface area (Å²) in [5, 5.41) is 26.2. The van der Waals surface area contributed by atoms with Crippen LogP contribution in [0, 0.1) is 5.92 Å². The van der Waals surface area contributed by atoms with Crippen molar-refractivity contribution in [2.24, 2.45) is 5.92 Å². The highest BCUT2D eigenvalue weighted by atomic mass is 32.2. The highest BCUT2D eigenvalue weighted by molar-refractivity contribution is 7.93. The van der Waals surface area contributed by atoms with E-state index in [0.29, 0.717) is 78.6 Å². The maximum atomic E-state index is 13.5. The Morgan fingerprint density at radius 2 is 0.637 bits per heavy atom. The third-order valence-electron chi connectivity index (χ3n) is 14.4. The minimum Gasteiger partial charge on any atom is -0.396 e. The van der Waals surface area contributed by atoms with E-state index < -0.39 is 30.1 Å². The van der Waals surface area contributed by atoms with E-state index in [1.807, 2.05) is 91.0 Å². The maximum Gasteiger partial charge on any atom is 0.264 e. The number of rotatable bonds is 27. The summed E-state index contributed by atoms with van der Waals surface area (Å²) in [7, 11) is -11.5. The number of sulfonamides is 3. The summed E-state index contributed by atoms with van der Waals surface area (Å²) in [5.41, 5.74) is 4.98. The Hall–Kier alpha value is -9.44. The predicted molar refractivity (Wildman–Crippen MR) is 356 cm³/mol. The van der Waals surface area contributed by atoms with Crippen molar-refractivity contribution < 1.29 is 49.9 Å². The lowest BCUT2D eigenvalue weighted by atomic mass is 10.1. The lowest BCUT2D eigenvalue weighted by Gasteiger charge is -2.25. The molecule has 0 heterocycles. The van der Waals surface area contributed by atoms with Gasteiger partial charge in [-0.2, -0.15) is 0 Å². The van der Waals surface area contributed by atoms with Gasteiger partial charge in [0, 0.05) is 49.5 Å². The molecular formula is C71H74N6O11S3. The van der Waals surface area contributed by atoms with Gasteiger partial charge in [0.15, 0.2) is 0 Å². The van der Waals surface area contributed by atoms with E-state index >= 15 is 0 Å². The Morgan fingerprint density at radius 3 is 0.934 bits per heavy atom. The Bertz CT molecular complexity index is 4120. The number of nitrogens with one attached hydrogen (secondary N) is 3. The molecule has 5 N–H and O–H groups in total. The third-order valence-corrected chi connectivity index (χ3v) is 19.8. The van der Waals surface area contributed by atoms with Crippen LogP contribution in [0.4, 0.5) is 17.1 Å². The highest BCUT2D eigenvalue weighted by Crippen LogP contribution is 2.31. The number of hydrogen-bond donors (Lipinski definition) is 5. The van der Waals surface area contributed by atoms with Crippen LogP contribution in [0.2, 0.25) is 0 Å². The second-order valence-electron chi connectivity index (χ2n) is 21.3. The smallest absolute Gasteiger partial charge is 0.264 e. The van der Waals surface area contributed by atoms with Crippen LogP contribution in [0.5, 0.6) is 0 Å². The van der Waals surface area contributed by atoms with Crippen molar-refractivity contribution in [3.05, 3.63) is 288 Å². The van der Waals surface area contributed by atoms with Crippen LogP contribution >= 0.6 is 0 Å². The summed E-state index contributed by atoms with van der Waals surface area (Å²) in [6.45, 7) is 1.96. The zero-order valence-electron chi connectivity index (χ0n) is 50.2. The molecule has 1 saturated carbocycles. The fraction of sp³-hybridized carbons (Fsp3) is 0.197. The number of unbranched alkanes of at least 4 members (excludes halogenated alkanes) is 1. The predicted octanol–water partition coefficient (Wildman–Crippen LogP) is 11.0. The van der Waals surface area contributed by atoms with Crippen LogP contribution in [-0.2, 0) is 49.7 Å². The summed E-state index contributed by atoms with van der Waals surface area (Å²) in [6, 6.07) is 72.8. The number of nitrogens with zero attached hydrogens (tertiary/aromatic N) is 3. The van der Waals surface area contributed by atoms with Gasteiger partial charge in [0.1, 0.15) is 0 Å². The minimum atomic E-state index is -3.85. The summed E-state index contributed by atoms with van der Waals surface area (Å²) in [4.78, 5) is 38.1. The van der Waals surface area contributed by atoms with Gasteiger partial charge in [0.25, 0.3) is 47.8 Å². The monoisotopic (exact) mass is 1280 g/mol. The van der Waals surface area contributed by atoms with Gasteiger partial charge in [0.2, 0.25) is 0 Å². The van der Waals surface area contributed by atoms with Crippen LogP contribution in [0.3, 0.4) is 0 Å². The summed E-state index contributed by atoms with van der Waals surface area (Å²) in [6.07, 6.45) is 4.04. The van der Waals surface area contributed by atoms with Crippen molar-refractivity contribution in [2.75, 3.05) is 45.8 Å². The molecule has 1 fully saturated rings. The number of amides is 3. The van der Waals surface area contributed by atoms with E-state index in [0.717, 1.165) is 29.5 Å². The molecule has 0 aromatic heterocycles. The first-order valence-electron chi connectivity index (χ1n) is 29.8. The molecule has 17 nitrogen and oxygen atoms in total. The zero-order chi connectivity index (χ0) is 64.5. The van der Waals surface area contributed by atoms with Gasteiger partial charge in [-0.1, -0.05) is 164 Å². The number of benzene rings is 9. The average molecular weight is 1280 g/mol. The number of hydrogen-bond acceptors (Lipinski definition) is 11. The molecule has 0 atom stereocenters. The lowest BCUT2D eigenvalue weighted by Crippen LogP contribution is -2.31. The fourth-order valence-corrected chi connectivity index (χ4v) is 13.7. The Labute approximate surface area is 533 Å². The van der Waals surface area contributed by atoms with Crippen molar-refractivity contribution in [2.45, 2.75) is 66.4 Å². The molecule has 10 rings (SSSR count). The zero-order valence-corrected chi connectivity index (χ0v) is 52.6. The van der Waals surface area contributed by atoms with Gasteiger partial charge in [-0.25, -0.2) is 25.3 Å². The van der Waals surface area contributed by atoms with Gasteiger partial charge in [-0.3, -0.25) is 27.3 Å². The number of aliphatic hydroxyl groups is 2. The van der Waals surface area contributed by atoms with Crippen LogP contribution in [-0.4, -0.2) is 86.0 Å². The second kappa shape index (κ2) is 33.4. The quantitative estimate of drug-likeness (QED) is 0.0303. The second-order valence-corrected chi connectivity index (χ2v) is 26.8. The molecule has 0 saturated heterocycles. The van der Waals surface area contributed by atoms with Crippen molar-refractivity contribution in [1.29, 1.82) is 0 Å². The molecule has 0 aliphatic heterocycles. The van der Waals surface area contributed by atoms with E-state index in [-0.39, 0.29) is 65.3 Å². The van der Waals surface area contributed by atoms with E-state index in [1.54, 1.807) is 164 Å². The van der Waals surface area contributed by atoms with Crippen LogP contribution in [0.15, 0.2) is 269 Å². The van der Waals surface area contributed by atoms with E-state index in [1.165, 1.54) is 12.9 Å². The fourth-order valence-electron chi connectivity index (χ4n) is 9.34. The van der Waals surface area contributed by atoms with Crippen LogP contribution < -0.4 is 28.9 Å². The van der Waals surface area contributed by atoms with Crippen molar-refractivity contribution in [1.82, 2.24) is 16.0 Å². The maximum absolute atomic E-state index is 13.5. The van der Waals surface area contributed by atoms with E-state index in [9.17, 15) is 39.6 Å². The largest absolute Gasteiger partial charge is 0.396 e. The molecule has 1 aliphatic rings. The van der Waals surface area contributed by atoms with Gasteiger partial charge in [-0.05, 0) is 146 Å². The molecule has 91 heavy (non-hydrogen) atoms. The first-order chi connectivity index (χ1) is 44.1. The third kappa shape index (κ3) is 19.5. The molecular weight excluding hydrogens is 1210 g/mol. The molecule has 1 aliphatic carbocycles. The number of anilines is 3. The lowest BCUT2D eigenvalue weighted by molar-refractivity contribution is 0.0943. The average Bonchev–Trinajstić information content (AvgIpc) is 1.06. The molecule has 9 aromatic carbocycles. The van der Waals surface area contributed by atoms with Crippen molar-refractivity contribution >= 4 is 64.9 Å². The Balaban J connectivity index is 0.000000176. The van der Waals surface area contributed by atoms with E-state index in [2.05, 4.69) is 16.0 Å². The molecule has 0 spiro atoms. The first kappa shape index (κ1) is 67.5. The molecule has 472 valence electrons. The van der Waals surface area contributed by atoms with Gasteiger partial charge >= 0.3 is 0 Å². The summed E-state index contributed by atoms with van der Waals surface area (Å²) >= 11 is 0. The summed E-state index contributed by atoms with van der Waals surface area (Å²) < 4.78 is 84.7. The highest BCUT2D eigenvalue weighted by Gasteiger charge is 2.29. The molecule has 0 radical (unpaired) electrons. The number of aliphatic hydroxyl groups excluding tert-OH is 2. The topological polar surface area (TPSA) is 240 Å². The van der Waals surface area contributed by atoms with Crippen molar-refractivity contribution in [3.8, 4) is 0 Å². The SMILES string of the molecule is O=C(NCC1CC1)c1cccc(N(Cc2ccccc2)S(=O)(=O)c2ccccc2)c1.O=C(NCCCCO)c1cccc(N(Cc2ccccc2)S(=O)(=O)c2ccccc2)c1.O=C(NCCCO)c1cccc(N(Cc2ccccc2)S(=O)(=O)c2ccccc2)c1. The van der Waals surface area contributed by atoms with Crippen molar-refractivity contribution in [3.63, 3.8) is 0 Å². The summed E-state index contributed by atoms with van der Waals surface area (Å²) in [5.74, 6) is -0.204. The number of carbonyl (C=O) groups is 3. The minimum absolute atomic E-state index is 0.0134. The first-order valence-corrected chi connectivity index (χ1v) is 34.1. The molecule has 20 heteroatoms. The van der Waals surface area contributed by atoms with Gasteiger partial charge < -0.3 is 26.2 Å². The Kier molecular flexibility index (Phi) is 24.8. The normalized spacial score (nSPS) is 11.9. The van der Waals surface area contributed by atoms with Gasteiger partial charge in [-0.15, -0.1) is 0 Å². The Morgan fingerprint density at radius 1 is 0.352 bits per heavy atom. The molecule has 9 aromatic rings. The number of carbonyl (C=O) groups excluding carboxylic acids is 3. The van der Waals surface area contributed by atoms with E-state index in [4.69, 9.17) is 10.2 Å². The molecule has 0 unspecified atom stereocenters. The van der Waals surface area contributed by atoms with Gasteiger partial charge in [0.05, 0.1) is 51.4 Å². The van der Waals surface area contributed by atoms with Crippen LogP contribution in [0.1, 0.15) is 79.9 Å².